The highest BCUT2D eigenvalue weighted by molar-refractivity contribution is 5.91. The van der Waals surface area contributed by atoms with Crippen molar-refractivity contribution in [3.05, 3.63) is 0 Å². The third-order valence-electron chi connectivity index (χ3n) is 3.67. The Hall–Kier alpha value is -0.900. The lowest BCUT2D eigenvalue weighted by Gasteiger charge is -2.35. The minimum Gasteiger partial charge on any atom is -0.481 e. The van der Waals surface area contributed by atoms with Gasteiger partial charge < -0.3 is 10.2 Å². The molecule has 80 valence electrons. The largest absolute Gasteiger partial charge is 0.481 e. The molecular weight excluding hydrogens is 184 g/mol. The summed E-state index contributed by atoms with van der Waals surface area (Å²) in [5.74, 6) is -1.45. The van der Waals surface area contributed by atoms with Gasteiger partial charge in [-0.3, -0.25) is 9.59 Å². The molecule has 0 aromatic carbocycles. The predicted molar refractivity (Wildman–Crippen MR) is 49.8 cm³/mol. The summed E-state index contributed by atoms with van der Waals surface area (Å²) in [4.78, 5) is 22.0. The van der Waals surface area contributed by atoms with E-state index in [-0.39, 0.29) is 24.5 Å². The van der Waals surface area contributed by atoms with Crippen LogP contribution in [-0.4, -0.2) is 27.6 Å². The third kappa shape index (κ3) is 1.43. The summed E-state index contributed by atoms with van der Waals surface area (Å²) in [5.41, 5.74) is -2.06. The number of aliphatic hydroxyl groups is 1. The zero-order valence-corrected chi connectivity index (χ0v) is 8.70. The number of hydrogen-bond acceptors (Lipinski definition) is 3. The van der Waals surface area contributed by atoms with Gasteiger partial charge in [0.2, 0.25) is 0 Å². The van der Waals surface area contributed by atoms with Gasteiger partial charge in [0.25, 0.3) is 0 Å². The fourth-order valence-electron chi connectivity index (χ4n) is 1.97. The minimum absolute atomic E-state index is 0.0606. The maximum Gasteiger partial charge on any atom is 0.303 e. The maximum absolute atomic E-state index is 11.5. The number of carboxylic acid groups (broad SMARTS) is 1. The molecule has 1 fully saturated rings. The number of ketones is 1. The molecule has 14 heavy (non-hydrogen) atoms. The van der Waals surface area contributed by atoms with E-state index < -0.39 is 17.0 Å². The van der Waals surface area contributed by atoms with Crippen LogP contribution in [0, 0.1) is 11.3 Å². The number of aliphatic carboxylic acids is 1. The van der Waals surface area contributed by atoms with E-state index in [1.165, 1.54) is 6.92 Å². The summed E-state index contributed by atoms with van der Waals surface area (Å²) >= 11 is 0. The van der Waals surface area contributed by atoms with E-state index >= 15 is 0 Å². The highest BCUT2D eigenvalue weighted by atomic mass is 16.4. The van der Waals surface area contributed by atoms with E-state index in [9.17, 15) is 14.7 Å². The molecule has 1 saturated carbocycles. The number of carboxylic acids is 1. The molecule has 2 unspecified atom stereocenters. The maximum atomic E-state index is 11.5. The second kappa shape index (κ2) is 3.05. The summed E-state index contributed by atoms with van der Waals surface area (Å²) in [7, 11) is 0. The van der Waals surface area contributed by atoms with Crippen LogP contribution in [0.4, 0.5) is 0 Å². The van der Waals surface area contributed by atoms with Crippen LogP contribution in [-0.2, 0) is 9.59 Å². The first-order valence-electron chi connectivity index (χ1n) is 4.67. The SMILES string of the molecule is CC1(O)C(=O)CC(CC(=O)O)C1(C)C. The van der Waals surface area contributed by atoms with Crippen molar-refractivity contribution in [2.75, 3.05) is 0 Å². The van der Waals surface area contributed by atoms with Crippen molar-refractivity contribution in [2.45, 2.75) is 39.2 Å². The fourth-order valence-corrected chi connectivity index (χ4v) is 1.97. The zero-order chi connectivity index (χ0) is 11.1. The lowest BCUT2D eigenvalue weighted by atomic mass is 9.72. The molecule has 0 heterocycles. The molecule has 4 nitrogen and oxygen atoms in total. The third-order valence-corrected chi connectivity index (χ3v) is 3.67. The number of Topliss-reactive ketones (excluding diaryl/α,β-unsaturated/α-hetero) is 1. The summed E-state index contributed by atoms with van der Waals surface area (Å²) < 4.78 is 0. The van der Waals surface area contributed by atoms with E-state index in [4.69, 9.17) is 5.11 Å². The normalized spacial score (nSPS) is 36.0. The second-order valence-electron chi connectivity index (χ2n) is 4.72. The molecule has 0 aromatic heterocycles. The van der Waals surface area contributed by atoms with Crippen molar-refractivity contribution in [3.63, 3.8) is 0 Å². The van der Waals surface area contributed by atoms with Crippen molar-refractivity contribution < 1.29 is 19.8 Å². The average molecular weight is 200 g/mol. The molecule has 0 aliphatic heterocycles. The molecule has 0 amide bonds. The minimum atomic E-state index is -1.40. The quantitative estimate of drug-likeness (QED) is 0.692. The lowest BCUT2D eigenvalue weighted by molar-refractivity contribution is -0.143. The second-order valence-corrected chi connectivity index (χ2v) is 4.72. The van der Waals surface area contributed by atoms with Crippen molar-refractivity contribution in [3.8, 4) is 0 Å². The summed E-state index contributed by atoms with van der Waals surface area (Å²) in [5, 5.41) is 18.6. The van der Waals surface area contributed by atoms with Gasteiger partial charge in [0.15, 0.2) is 5.78 Å². The van der Waals surface area contributed by atoms with Gasteiger partial charge in [0, 0.05) is 18.3 Å². The number of carbonyl (C=O) groups is 2. The van der Waals surface area contributed by atoms with Crippen LogP contribution in [0.5, 0.6) is 0 Å². The van der Waals surface area contributed by atoms with Crippen molar-refractivity contribution in [1.29, 1.82) is 0 Å². The van der Waals surface area contributed by atoms with E-state index in [0.29, 0.717) is 0 Å². The zero-order valence-electron chi connectivity index (χ0n) is 8.70. The molecule has 2 atom stereocenters. The number of rotatable bonds is 2. The summed E-state index contributed by atoms with van der Waals surface area (Å²) in [6.07, 6.45) is 0.0984. The molecule has 0 bridgehead atoms. The van der Waals surface area contributed by atoms with Gasteiger partial charge >= 0.3 is 5.97 Å². The van der Waals surface area contributed by atoms with Crippen LogP contribution in [0.1, 0.15) is 33.6 Å². The van der Waals surface area contributed by atoms with Crippen LogP contribution < -0.4 is 0 Å². The van der Waals surface area contributed by atoms with Crippen LogP contribution in [0.3, 0.4) is 0 Å². The molecule has 1 rings (SSSR count). The predicted octanol–water partition coefficient (Wildman–Crippen LogP) is 0.827. The van der Waals surface area contributed by atoms with E-state index in [0.717, 1.165) is 0 Å². The van der Waals surface area contributed by atoms with Crippen molar-refractivity contribution >= 4 is 11.8 Å². The van der Waals surface area contributed by atoms with Gasteiger partial charge in [-0.1, -0.05) is 13.8 Å². The van der Waals surface area contributed by atoms with Crippen LogP contribution in [0.2, 0.25) is 0 Å². The molecule has 1 aliphatic carbocycles. The topological polar surface area (TPSA) is 74.6 Å². The van der Waals surface area contributed by atoms with Gasteiger partial charge in [-0.2, -0.15) is 0 Å². The Morgan fingerprint density at radius 3 is 2.29 bits per heavy atom. The molecule has 1 aliphatic rings. The van der Waals surface area contributed by atoms with Gasteiger partial charge in [-0.05, 0) is 12.8 Å². The van der Waals surface area contributed by atoms with E-state index in [2.05, 4.69) is 0 Å². The van der Waals surface area contributed by atoms with E-state index in [1.54, 1.807) is 13.8 Å². The average Bonchev–Trinajstić information content (AvgIpc) is 2.12. The molecule has 4 heteroatoms. The Morgan fingerprint density at radius 1 is 1.50 bits per heavy atom. The molecule has 2 N–H and O–H groups in total. The van der Waals surface area contributed by atoms with Gasteiger partial charge in [0.05, 0.1) is 0 Å². The van der Waals surface area contributed by atoms with Crippen LogP contribution in [0.25, 0.3) is 0 Å². The Kier molecular flexibility index (Phi) is 2.44. The Labute approximate surface area is 82.9 Å². The Morgan fingerprint density at radius 2 is 2.00 bits per heavy atom. The highest BCUT2D eigenvalue weighted by Gasteiger charge is 2.56. The van der Waals surface area contributed by atoms with E-state index in [1.807, 2.05) is 0 Å². The van der Waals surface area contributed by atoms with Gasteiger partial charge in [0.1, 0.15) is 5.60 Å². The van der Waals surface area contributed by atoms with Crippen LogP contribution in [0.15, 0.2) is 0 Å². The van der Waals surface area contributed by atoms with Crippen molar-refractivity contribution in [2.24, 2.45) is 11.3 Å². The van der Waals surface area contributed by atoms with Gasteiger partial charge in [-0.15, -0.1) is 0 Å². The Bertz CT molecular complexity index is 278. The lowest BCUT2D eigenvalue weighted by Crippen LogP contribution is -2.44. The molecule has 0 spiro atoms. The molecular formula is C10H16O4. The summed E-state index contributed by atoms with van der Waals surface area (Å²) in [6.45, 7) is 4.95. The smallest absolute Gasteiger partial charge is 0.303 e. The standard InChI is InChI=1S/C10H16O4/c1-9(2)6(5-8(12)13)4-7(11)10(9,3)14/h6,14H,4-5H2,1-3H3,(H,12,13). The van der Waals surface area contributed by atoms with Gasteiger partial charge in [-0.25, -0.2) is 0 Å². The number of hydrogen-bond donors (Lipinski definition) is 2. The Balaban J connectivity index is 2.94. The highest BCUT2D eigenvalue weighted by Crippen LogP contribution is 2.49. The first kappa shape index (κ1) is 11.2. The fraction of sp³-hybridized carbons (Fsp3) is 0.800. The summed E-state index contributed by atoms with van der Waals surface area (Å²) in [6, 6.07) is 0. The van der Waals surface area contributed by atoms with Crippen molar-refractivity contribution in [1.82, 2.24) is 0 Å². The first-order valence-corrected chi connectivity index (χ1v) is 4.67. The van der Waals surface area contributed by atoms with Crippen LogP contribution >= 0.6 is 0 Å². The molecule has 0 radical (unpaired) electrons. The number of carbonyl (C=O) groups excluding carboxylic acids is 1. The first-order chi connectivity index (χ1) is 6.19. The monoisotopic (exact) mass is 200 g/mol. The molecule has 0 saturated heterocycles. The molecule has 0 aromatic rings.